The number of aliphatic hydroxyl groups excluding tert-OH is 1. The highest BCUT2D eigenvalue weighted by atomic mass is 19.1. The Labute approximate surface area is 112 Å². The third-order valence-electron chi connectivity index (χ3n) is 2.82. The maximum absolute atomic E-state index is 13.5. The number of carbonyl (C=O) groups excluding carboxylic acids is 1. The van der Waals surface area contributed by atoms with Crippen molar-refractivity contribution in [1.29, 1.82) is 0 Å². The van der Waals surface area contributed by atoms with Crippen molar-refractivity contribution in [2.75, 3.05) is 19.7 Å². The Morgan fingerprint density at radius 1 is 1.42 bits per heavy atom. The standard InChI is InChI=1S/C14H20FNO3/c1-3-12(14(18)16(4-2)9-10-17)19-13-8-6-5-7-11(13)15/h5-8,12,17H,3-4,9-10H2,1-2H3. The molecule has 1 amide bonds. The van der Waals surface area contributed by atoms with Gasteiger partial charge in [-0.1, -0.05) is 19.1 Å². The van der Waals surface area contributed by atoms with E-state index in [-0.39, 0.29) is 24.8 Å². The Kier molecular flexibility index (Phi) is 6.29. The van der Waals surface area contributed by atoms with Gasteiger partial charge in [0.2, 0.25) is 0 Å². The first-order chi connectivity index (χ1) is 9.13. The van der Waals surface area contributed by atoms with Crippen LogP contribution in [0.1, 0.15) is 20.3 Å². The van der Waals surface area contributed by atoms with E-state index in [0.717, 1.165) is 0 Å². The zero-order chi connectivity index (χ0) is 14.3. The summed E-state index contributed by atoms with van der Waals surface area (Å²) in [5.41, 5.74) is 0. The molecule has 4 nitrogen and oxygen atoms in total. The second-order valence-corrected chi connectivity index (χ2v) is 4.09. The minimum atomic E-state index is -0.733. The van der Waals surface area contributed by atoms with Crippen LogP contribution in [0.5, 0.6) is 5.75 Å². The van der Waals surface area contributed by atoms with Crippen LogP contribution in [0.4, 0.5) is 4.39 Å². The summed E-state index contributed by atoms with van der Waals surface area (Å²) in [4.78, 5) is 13.7. The number of halogens is 1. The molecule has 19 heavy (non-hydrogen) atoms. The molecule has 5 heteroatoms. The Bertz CT molecular complexity index is 411. The Balaban J connectivity index is 2.77. The molecule has 1 aromatic rings. The zero-order valence-electron chi connectivity index (χ0n) is 11.3. The van der Waals surface area contributed by atoms with E-state index in [1.807, 2.05) is 6.92 Å². The van der Waals surface area contributed by atoms with Gasteiger partial charge >= 0.3 is 0 Å². The third kappa shape index (κ3) is 4.21. The van der Waals surface area contributed by atoms with Crippen LogP contribution in [0.3, 0.4) is 0 Å². The molecule has 1 rings (SSSR count). The van der Waals surface area contributed by atoms with Crippen LogP contribution >= 0.6 is 0 Å². The summed E-state index contributed by atoms with van der Waals surface area (Å²) >= 11 is 0. The number of nitrogens with zero attached hydrogens (tertiary/aromatic N) is 1. The lowest BCUT2D eigenvalue weighted by molar-refractivity contribution is -0.139. The normalized spacial score (nSPS) is 12.0. The van der Waals surface area contributed by atoms with Crippen molar-refractivity contribution >= 4 is 5.91 Å². The number of rotatable bonds is 7. The van der Waals surface area contributed by atoms with Crippen molar-refractivity contribution in [2.45, 2.75) is 26.4 Å². The molecule has 0 saturated carbocycles. The number of para-hydroxylation sites is 1. The number of ether oxygens (including phenoxy) is 1. The average Bonchev–Trinajstić information content (AvgIpc) is 2.43. The van der Waals surface area contributed by atoms with Crippen LogP contribution in [0.2, 0.25) is 0 Å². The van der Waals surface area contributed by atoms with E-state index < -0.39 is 11.9 Å². The first kappa shape index (κ1) is 15.4. The molecule has 1 unspecified atom stereocenters. The number of carbonyl (C=O) groups is 1. The maximum atomic E-state index is 13.5. The SMILES string of the molecule is CCC(Oc1ccccc1F)C(=O)N(CC)CCO. The molecular weight excluding hydrogens is 249 g/mol. The molecule has 0 saturated heterocycles. The van der Waals surface area contributed by atoms with Crippen LogP contribution in [0, 0.1) is 5.82 Å². The van der Waals surface area contributed by atoms with Gasteiger partial charge in [-0.15, -0.1) is 0 Å². The van der Waals surface area contributed by atoms with Gasteiger partial charge in [-0.2, -0.15) is 0 Å². The van der Waals surface area contributed by atoms with Crippen molar-refractivity contribution in [1.82, 2.24) is 4.90 Å². The van der Waals surface area contributed by atoms with Gasteiger partial charge in [0, 0.05) is 13.1 Å². The van der Waals surface area contributed by atoms with Crippen molar-refractivity contribution in [3.8, 4) is 5.75 Å². The van der Waals surface area contributed by atoms with Crippen LogP contribution < -0.4 is 4.74 Å². The molecular formula is C14H20FNO3. The lowest BCUT2D eigenvalue weighted by atomic mass is 10.2. The molecule has 0 fully saturated rings. The molecule has 0 aliphatic heterocycles. The van der Waals surface area contributed by atoms with Crippen molar-refractivity contribution in [3.63, 3.8) is 0 Å². The fourth-order valence-electron chi connectivity index (χ4n) is 1.75. The van der Waals surface area contributed by atoms with Gasteiger partial charge in [-0.05, 0) is 25.5 Å². The molecule has 106 valence electrons. The van der Waals surface area contributed by atoms with Crippen LogP contribution in [-0.2, 0) is 4.79 Å². The molecule has 0 aliphatic carbocycles. The van der Waals surface area contributed by atoms with Crippen molar-refractivity contribution in [3.05, 3.63) is 30.1 Å². The molecule has 0 aliphatic rings. The highest BCUT2D eigenvalue weighted by Gasteiger charge is 2.24. The highest BCUT2D eigenvalue weighted by molar-refractivity contribution is 5.81. The number of aliphatic hydroxyl groups is 1. The lowest BCUT2D eigenvalue weighted by Gasteiger charge is -2.25. The number of hydrogen-bond donors (Lipinski definition) is 1. The minimum absolute atomic E-state index is 0.0720. The largest absolute Gasteiger partial charge is 0.478 e. The van der Waals surface area contributed by atoms with E-state index in [1.54, 1.807) is 19.1 Å². The Hall–Kier alpha value is -1.62. The van der Waals surface area contributed by atoms with Crippen LogP contribution in [0.25, 0.3) is 0 Å². The monoisotopic (exact) mass is 269 g/mol. The van der Waals surface area contributed by atoms with Crippen LogP contribution in [0.15, 0.2) is 24.3 Å². The van der Waals surface area contributed by atoms with E-state index in [1.165, 1.54) is 17.0 Å². The lowest BCUT2D eigenvalue weighted by Crippen LogP contribution is -2.43. The van der Waals surface area contributed by atoms with Crippen molar-refractivity contribution < 1.29 is 19.0 Å². The Morgan fingerprint density at radius 2 is 2.11 bits per heavy atom. The molecule has 0 heterocycles. The van der Waals surface area contributed by atoms with E-state index in [4.69, 9.17) is 9.84 Å². The number of hydrogen-bond acceptors (Lipinski definition) is 3. The fourth-order valence-corrected chi connectivity index (χ4v) is 1.75. The van der Waals surface area contributed by atoms with Gasteiger partial charge in [-0.3, -0.25) is 4.79 Å². The molecule has 1 atom stereocenters. The molecule has 0 bridgehead atoms. The minimum Gasteiger partial charge on any atom is -0.478 e. The molecule has 0 spiro atoms. The fraction of sp³-hybridized carbons (Fsp3) is 0.500. The smallest absolute Gasteiger partial charge is 0.263 e. The summed E-state index contributed by atoms with van der Waals surface area (Å²) in [6.07, 6.45) is -0.293. The highest BCUT2D eigenvalue weighted by Crippen LogP contribution is 2.18. The predicted octanol–water partition coefficient (Wildman–Crippen LogP) is 1.82. The van der Waals surface area contributed by atoms with E-state index in [9.17, 15) is 9.18 Å². The maximum Gasteiger partial charge on any atom is 0.263 e. The second kappa shape index (κ2) is 7.74. The predicted molar refractivity (Wildman–Crippen MR) is 70.4 cm³/mol. The summed E-state index contributed by atoms with van der Waals surface area (Å²) in [6, 6.07) is 6.00. The number of benzene rings is 1. The second-order valence-electron chi connectivity index (χ2n) is 4.09. The summed E-state index contributed by atoms with van der Waals surface area (Å²) < 4.78 is 18.9. The number of likely N-dealkylation sites (N-methyl/N-ethyl adjacent to an activating group) is 1. The zero-order valence-corrected chi connectivity index (χ0v) is 11.3. The molecule has 1 aromatic carbocycles. The third-order valence-corrected chi connectivity index (χ3v) is 2.82. The van der Waals surface area contributed by atoms with E-state index >= 15 is 0 Å². The van der Waals surface area contributed by atoms with E-state index in [0.29, 0.717) is 13.0 Å². The van der Waals surface area contributed by atoms with Crippen molar-refractivity contribution in [2.24, 2.45) is 0 Å². The molecule has 0 aromatic heterocycles. The van der Waals surface area contributed by atoms with Gasteiger partial charge in [0.15, 0.2) is 17.7 Å². The first-order valence-corrected chi connectivity index (χ1v) is 6.44. The summed E-state index contributed by atoms with van der Waals surface area (Å²) in [5, 5.41) is 8.91. The van der Waals surface area contributed by atoms with E-state index in [2.05, 4.69) is 0 Å². The molecule has 1 N–H and O–H groups in total. The first-order valence-electron chi connectivity index (χ1n) is 6.44. The summed E-state index contributed by atoms with van der Waals surface area (Å²) in [6.45, 7) is 4.26. The Morgan fingerprint density at radius 3 is 2.63 bits per heavy atom. The van der Waals surface area contributed by atoms with Crippen LogP contribution in [-0.4, -0.2) is 41.7 Å². The summed E-state index contributed by atoms with van der Waals surface area (Å²) in [5.74, 6) is -0.649. The topological polar surface area (TPSA) is 49.8 Å². The van der Waals surface area contributed by atoms with Gasteiger partial charge in [0.05, 0.1) is 6.61 Å². The molecule has 0 radical (unpaired) electrons. The van der Waals surface area contributed by atoms with Gasteiger partial charge in [0.25, 0.3) is 5.91 Å². The van der Waals surface area contributed by atoms with Gasteiger partial charge in [0.1, 0.15) is 0 Å². The van der Waals surface area contributed by atoms with Gasteiger partial charge < -0.3 is 14.7 Å². The number of amides is 1. The quantitative estimate of drug-likeness (QED) is 0.821. The summed E-state index contributed by atoms with van der Waals surface area (Å²) in [7, 11) is 0. The van der Waals surface area contributed by atoms with Gasteiger partial charge in [-0.25, -0.2) is 4.39 Å². The average molecular weight is 269 g/mol.